The lowest BCUT2D eigenvalue weighted by atomic mass is 10.1. The van der Waals surface area contributed by atoms with Gasteiger partial charge in [-0.05, 0) is 71.2 Å². The van der Waals surface area contributed by atoms with Crippen LogP contribution < -0.4 is 9.47 Å². The lowest BCUT2D eigenvalue weighted by Gasteiger charge is -2.15. The lowest BCUT2D eigenvalue weighted by Crippen LogP contribution is -2.06. The van der Waals surface area contributed by atoms with Crippen LogP contribution in [0.1, 0.15) is 29.2 Å². The highest BCUT2D eigenvalue weighted by atomic mass is 79.9. The average molecular weight is 572 g/mol. The van der Waals surface area contributed by atoms with Crippen molar-refractivity contribution in [3.63, 3.8) is 0 Å². The summed E-state index contributed by atoms with van der Waals surface area (Å²) in [5.74, 6) is 0.298. The van der Waals surface area contributed by atoms with Crippen LogP contribution in [-0.2, 0) is 16.1 Å². The van der Waals surface area contributed by atoms with Gasteiger partial charge >= 0.3 is 5.97 Å². The molecule has 0 radical (unpaired) electrons. The van der Waals surface area contributed by atoms with Crippen molar-refractivity contribution in [2.45, 2.75) is 20.5 Å². The summed E-state index contributed by atoms with van der Waals surface area (Å²) in [6.45, 7) is 4.64. The third kappa shape index (κ3) is 5.75. The summed E-state index contributed by atoms with van der Waals surface area (Å²) in [5, 5.41) is 11.2. The largest absolute Gasteiger partial charge is 0.490 e. The number of nitrogens with zero attached hydrogens (tertiary/aromatic N) is 2. The van der Waals surface area contributed by atoms with Crippen LogP contribution >= 0.6 is 27.5 Å². The molecule has 1 aliphatic rings. The third-order valence-electron chi connectivity index (χ3n) is 5.11. The molecule has 0 bridgehead atoms. The monoisotopic (exact) mass is 570 g/mol. The lowest BCUT2D eigenvalue weighted by molar-refractivity contribution is -0.384. The molecule has 0 saturated carbocycles. The Morgan fingerprint density at radius 2 is 1.97 bits per heavy atom. The number of esters is 1. The highest BCUT2D eigenvalue weighted by molar-refractivity contribution is 9.10. The predicted molar refractivity (Wildman–Crippen MR) is 140 cm³/mol. The number of benzene rings is 3. The number of aryl methyl sites for hydroxylation is 1. The van der Waals surface area contributed by atoms with Crippen LogP contribution in [0.5, 0.6) is 11.5 Å². The third-order valence-corrected chi connectivity index (χ3v) is 6.02. The van der Waals surface area contributed by atoms with Crippen molar-refractivity contribution in [2.75, 3.05) is 6.61 Å². The average Bonchev–Trinajstić information content (AvgIpc) is 3.19. The van der Waals surface area contributed by atoms with Crippen molar-refractivity contribution in [3.05, 3.63) is 102 Å². The molecular weight excluding hydrogens is 552 g/mol. The van der Waals surface area contributed by atoms with Crippen molar-refractivity contribution in [3.8, 4) is 11.5 Å². The Bertz CT molecular complexity index is 1420. The van der Waals surface area contributed by atoms with E-state index in [0.29, 0.717) is 34.7 Å². The van der Waals surface area contributed by atoms with E-state index in [1.807, 2.05) is 38.1 Å². The molecule has 184 valence electrons. The van der Waals surface area contributed by atoms with Gasteiger partial charge in [0.15, 0.2) is 17.2 Å². The molecule has 1 heterocycles. The molecule has 0 aliphatic carbocycles. The van der Waals surface area contributed by atoms with Gasteiger partial charge in [-0.15, -0.1) is 0 Å². The van der Waals surface area contributed by atoms with Gasteiger partial charge < -0.3 is 14.2 Å². The number of rotatable bonds is 8. The molecule has 4 rings (SSSR count). The predicted octanol–water partition coefficient (Wildman–Crippen LogP) is 6.64. The minimum atomic E-state index is -0.684. The number of carbonyl (C=O) groups is 1. The first-order valence-corrected chi connectivity index (χ1v) is 12.0. The number of ether oxygens (including phenoxy) is 3. The summed E-state index contributed by atoms with van der Waals surface area (Å²) < 4.78 is 17.7. The minimum Gasteiger partial charge on any atom is -0.490 e. The number of carbonyl (C=O) groups excluding carboxylic acids is 1. The summed E-state index contributed by atoms with van der Waals surface area (Å²) in [5.41, 5.74) is 2.76. The van der Waals surface area contributed by atoms with Crippen LogP contribution in [0, 0.1) is 17.0 Å². The Morgan fingerprint density at radius 3 is 2.69 bits per heavy atom. The highest BCUT2D eigenvalue weighted by Gasteiger charge is 2.26. The summed E-state index contributed by atoms with van der Waals surface area (Å²) in [4.78, 5) is 27.3. The van der Waals surface area contributed by atoms with Gasteiger partial charge in [0.05, 0.1) is 16.0 Å². The van der Waals surface area contributed by atoms with Crippen LogP contribution in [0.3, 0.4) is 0 Å². The summed E-state index contributed by atoms with van der Waals surface area (Å²) in [7, 11) is 0. The maximum absolute atomic E-state index is 12.5. The van der Waals surface area contributed by atoms with Crippen molar-refractivity contribution in [1.29, 1.82) is 0 Å². The molecule has 3 aromatic rings. The quantitative estimate of drug-likeness (QED) is 0.130. The van der Waals surface area contributed by atoms with E-state index in [1.54, 1.807) is 12.1 Å². The molecule has 10 heteroatoms. The van der Waals surface area contributed by atoms with E-state index in [2.05, 4.69) is 20.9 Å². The SMILES string of the molecule is CCOc1cc(C=C2N=C(c3ccc(Cl)c([N+](=O)[O-])c3)OC2=O)cc(Br)c1OCc1cccc(C)c1. The molecule has 0 N–H and O–H groups in total. The molecule has 0 atom stereocenters. The fourth-order valence-corrected chi connectivity index (χ4v) is 4.27. The molecule has 0 aromatic heterocycles. The number of nitro benzene ring substituents is 1. The topological polar surface area (TPSA) is 100 Å². The molecule has 0 saturated heterocycles. The zero-order valence-electron chi connectivity index (χ0n) is 19.3. The van der Waals surface area contributed by atoms with Crippen LogP contribution in [0.4, 0.5) is 5.69 Å². The second kappa shape index (κ2) is 10.9. The maximum Gasteiger partial charge on any atom is 0.363 e. The fraction of sp³-hybridized carbons (Fsp3) is 0.154. The number of nitro groups is 1. The Balaban J connectivity index is 1.63. The molecule has 0 fully saturated rings. The van der Waals surface area contributed by atoms with Crippen LogP contribution in [0.25, 0.3) is 6.08 Å². The number of hydrogen-bond donors (Lipinski definition) is 0. The van der Waals surface area contributed by atoms with Gasteiger partial charge in [-0.2, -0.15) is 0 Å². The van der Waals surface area contributed by atoms with Gasteiger partial charge in [0.1, 0.15) is 11.6 Å². The normalized spacial score (nSPS) is 13.9. The van der Waals surface area contributed by atoms with Crippen molar-refractivity contribution in [2.24, 2.45) is 4.99 Å². The Kier molecular flexibility index (Phi) is 7.71. The second-order valence-corrected chi connectivity index (χ2v) is 9.06. The molecule has 36 heavy (non-hydrogen) atoms. The molecular formula is C26H20BrClN2O6. The zero-order chi connectivity index (χ0) is 25.8. The van der Waals surface area contributed by atoms with Crippen molar-refractivity contribution in [1.82, 2.24) is 0 Å². The van der Waals surface area contributed by atoms with E-state index in [-0.39, 0.29) is 27.9 Å². The van der Waals surface area contributed by atoms with Gasteiger partial charge in [0.2, 0.25) is 5.90 Å². The zero-order valence-corrected chi connectivity index (χ0v) is 21.6. The van der Waals surface area contributed by atoms with Crippen LogP contribution in [0.15, 0.2) is 69.8 Å². The molecule has 8 nitrogen and oxygen atoms in total. The molecule has 1 aliphatic heterocycles. The minimum absolute atomic E-state index is 0.0255. The number of halogens is 2. The molecule has 0 amide bonds. The van der Waals surface area contributed by atoms with Gasteiger partial charge in [-0.1, -0.05) is 41.4 Å². The summed E-state index contributed by atoms with van der Waals surface area (Å²) >= 11 is 9.40. The fourth-order valence-electron chi connectivity index (χ4n) is 3.51. The molecule has 0 unspecified atom stereocenters. The maximum atomic E-state index is 12.5. The Labute approximate surface area is 220 Å². The Hall–Kier alpha value is -3.69. The second-order valence-electron chi connectivity index (χ2n) is 7.80. The number of hydrogen-bond acceptors (Lipinski definition) is 7. The van der Waals surface area contributed by atoms with E-state index in [0.717, 1.165) is 11.1 Å². The number of cyclic esters (lactones) is 1. The van der Waals surface area contributed by atoms with Gasteiger partial charge in [-0.25, -0.2) is 9.79 Å². The van der Waals surface area contributed by atoms with Crippen molar-refractivity contribution >= 4 is 51.2 Å². The first-order valence-electron chi connectivity index (χ1n) is 10.9. The van der Waals surface area contributed by atoms with E-state index in [9.17, 15) is 14.9 Å². The van der Waals surface area contributed by atoms with E-state index < -0.39 is 10.9 Å². The van der Waals surface area contributed by atoms with Gasteiger partial charge in [0, 0.05) is 11.6 Å². The molecule has 3 aromatic carbocycles. The first kappa shape index (κ1) is 25.4. The smallest absolute Gasteiger partial charge is 0.363 e. The van der Waals surface area contributed by atoms with E-state index in [4.69, 9.17) is 25.8 Å². The first-order chi connectivity index (χ1) is 17.2. The summed E-state index contributed by atoms with van der Waals surface area (Å²) in [6, 6.07) is 15.6. The van der Waals surface area contributed by atoms with Crippen molar-refractivity contribution < 1.29 is 23.9 Å². The molecule has 0 spiro atoms. The summed E-state index contributed by atoms with van der Waals surface area (Å²) in [6.07, 6.45) is 1.54. The standard InChI is InChI=1S/C26H20BrClN2O6/c1-3-34-23-12-17(10-19(27)24(23)35-14-16-6-4-5-15(2)9-16)11-21-26(31)36-25(29-21)18-7-8-20(28)22(13-18)30(32)33/h4-13H,3,14H2,1-2H3. The Morgan fingerprint density at radius 1 is 1.17 bits per heavy atom. The number of aliphatic imine (C=N–C) groups is 1. The van der Waals surface area contributed by atoms with Gasteiger partial charge in [0.25, 0.3) is 5.69 Å². The van der Waals surface area contributed by atoms with Crippen LogP contribution in [0.2, 0.25) is 5.02 Å². The van der Waals surface area contributed by atoms with Crippen LogP contribution in [-0.4, -0.2) is 23.4 Å². The van der Waals surface area contributed by atoms with Gasteiger partial charge in [-0.3, -0.25) is 10.1 Å². The van der Waals surface area contributed by atoms with E-state index >= 15 is 0 Å². The highest BCUT2D eigenvalue weighted by Crippen LogP contribution is 2.38. The van der Waals surface area contributed by atoms with E-state index in [1.165, 1.54) is 24.3 Å².